The number of carbonyl (C=O) groups excluding carboxylic acids is 2. The molecule has 8 heteroatoms. The van der Waals surface area contributed by atoms with Crippen molar-refractivity contribution >= 4 is 28.9 Å². The molecule has 30 heavy (non-hydrogen) atoms. The largest absolute Gasteiger partial charge is 0.497 e. The van der Waals surface area contributed by atoms with Gasteiger partial charge in [0, 0.05) is 30.5 Å². The molecule has 8 nitrogen and oxygen atoms in total. The van der Waals surface area contributed by atoms with Crippen LogP contribution < -0.4 is 24.6 Å². The van der Waals surface area contributed by atoms with E-state index in [1.54, 1.807) is 25.3 Å². The minimum absolute atomic E-state index is 0.0826. The Bertz CT molecular complexity index is 925. The molecular weight excluding hydrogens is 386 g/mol. The van der Waals surface area contributed by atoms with Crippen molar-refractivity contribution in [3.63, 3.8) is 0 Å². The van der Waals surface area contributed by atoms with Crippen molar-refractivity contribution in [2.75, 3.05) is 55.6 Å². The zero-order valence-electron chi connectivity index (χ0n) is 17.1. The number of methoxy groups -OCH3 is 2. The monoisotopic (exact) mass is 411 g/mol. The summed E-state index contributed by atoms with van der Waals surface area (Å²) in [5.41, 5.74) is 2.32. The van der Waals surface area contributed by atoms with Crippen molar-refractivity contribution in [2.24, 2.45) is 0 Å². The number of amides is 2. The molecule has 0 aliphatic carbocycles. The summed E-state index contributed by atoms with van der Waals surface area (Å²) in [5, 5.41) is 3.19. The van der Waals surface area contributed by atoms with Gasteiger partial charge < -0.3 is 24.4 Å². The number of nitrogens with one attached hydrogen (secondary N) is 1. The molecule has 158 valence electrons. The number of benzene rings is 2. The summed E-state index contributed by atoms with van der Waals surface area (Å²) in [7, 11) is 3.04. The molecule has 4 rings (SSSR count). The van der Waals surface area contributed by atoms with E-state index in [1.807, 2.05) is 24.3 Å². The van der Waals surface area contributed by atoms with Gasteiger partial charge in [-0.25, -0.2) is 4.90 Å². The van der Waals surface area contributed by atoms with Crippen molar-refractivity contribution in [3.05, 3.63) is 42.5 Å². The van der Waals surface area contributed by atoms with Crippen LogP contribution in [0.3, 0.4) is 0 Å². The average Bonchev–Trinajstić information content (AvgIpc) is 3.07. The number of imide groups is 1. The van der Waals surface area contributed by atoms with Gasteiger partial charge in [0.25, 0.3) is 5.91 Å². The molecule has 2 aromatic carbocycles. The van der Waals surface area contributed by atoms with Gasteiger partial charge in [-0.1, -0.05) is 0 Å². The molecular formula is C22H25N3O5. The second-order valence-corrected chi connectivity index (χ2v) is 7.15. The third-order valence-electron chi connectivity index (χ3n) is 5.36. The van der Waals surface area contributed by atoms with Crippen LogP contribution >= 0.6 is 0 Å². The zero-order valence-corrected chi connectivity index (χ0v) is 17.1. The lowest BCUT2D eigenvalue weighted by Crippen LogP contribution is -2.36. The topological polar surface area (TPSA) is 80.3 Å². The highest BCUT2D eigenvalue weighted by molar-refractivity contribution is 6.23. The van der Waals surface area contributed by atoms with Gasteiger partial charge in [0.2, 0.25) is 5.91 Å². The van der Waals surface area contributed by atoms with E-state index in [0.717, 1.165) is 37.7 Å². The number of ether oxygens (including phenoxy) is 3. The molecule has 0 spiro atoms. The van der Waals surface area contributed by atoms with Gasteiger partial charge in [0.15, 0.2) is 0 Å². The third-order valence-corrected chi connectivity index (χ3v) is 5.36. The summed E-state index contributed by atoms with van der Waals surface area (Å²) < 4.78 is 15.9. The molecule has 1 N–H and O–H groups in total. The summed E-state index contributed by atoms with van der Waals surface area (Å²) in [5.74, 6) is 0.419. The number of nitrogens with zero attached hydrogens (tertiary/aromatic N) is 2. The Morgan fingerprint density at radius 1 is 1.00 bits per heavy atom. The van der Waals surface area contributed by atoms with E-state index in [4.69, 9.17) is 14.2 Å². The predicted molar refractivity (Wildman–Crippen MR) is 114 cm³/mol. The molecule has 2 heterocycles. The van der Waals surface area contributed by atoms with Crippen LogP contribution in [-0.4, -0.2) is 58.4 Å². The van der Waals surface area contributed by atoms with Crippen LogP contribution in [0.15, 0.2) is 42.5 Å². The molecule has 2 amide bonds. The van der Waals surface area contributed by atoms with Crippen LogP contribution in [0, 0.1) is 0 Å². The van der Waals surface area contributed by atoms with Crippen LogP contribution in [0.2, 0.25) is 0 Å². The Hall–Kier alpha value is -3.26. The number of hydrogen-bond donors (Lipinski definition) is 1. The molecule has 2 aliphatic heterocycles. The van der Waals surface area contributed by atoms with Crippen LogP contribution in [0.1, 0.15) is 6.42 Å². The number of carbonyl (C=O) groups is 2. The van der Waals surface area contributed by atoms with Gasteiger partial charge in [0.1, 0.15) is 17.5 Å². The molecule has 0 bridgehead atoms. The van der Waals surface area contributed by atoms with Crippen molar-refractivity contribution in [1.29, 1.82) is 0 Å². The van der Waals surface area contributed by atoms with E-state index in [2.05, 4.69) is 10.2 Å². The standard InChI is InChI=1S/C22H25N3O5/c1-28-17-7-8-19(20(13-17)29-2)25-21(26)14-18(22(25)27)23-15-3-5-16(6-4-15)24-9-11-30-12-10-24/h3-8,13,18,23H,9-12,14H2,1-2H3/t18-/m1/s1. The fourth-order valence-corrected chi connectivity index (χ4v) is 3.76. The van der Waals surface area contributed by atoms with E-state index in [9.17, 15) is 9.59 Å². The van der Waals surface area contributed by atoms with E-state index in [1.165, 1.54) is 12.0 Å². The Labute approximate surface area is 175 Å². The molecule has 2 aliphatic rings. The fourth-order valence-electron chi connectivity index (χ4n) is 3.76. The third kappa shape index (κ3) is 3.91. The first-order valence-electron chi connectivity index (χ1n) is 9.89. The minimum Gasteiger partial charge on any atom is -0.497 e. The average molecular weight is 411 g/mol. The van der Waals surface area contributed by atoms with E-state index < -0.39 is 6.04 Å². The fraction of sp³-hybridized carbons (Fsp3) is 0.364. The van der Waals surface area contributed by atoms with Gasteiger partial charge in [-0.05, 0) is 36.4 Å². The highest BCUT2D eigenvalue weighted by Crippen LogP contribution is 2.35. The highest BCUT2D eigenvalue weighted by Gasteiger charge is 2.40. The number of morpholine rings is 1. The van der Waals surface area contributed by atoms with E-state index in [-0.39, 0.29) is 18.2 Å². The van der Waals surface area contributed by atoms with E-state index >= 15 is 0 Å². The van der Waals surface area contributed by atoms with Gasteiger partial charge >= 0.3 is 0 Å². The SMILES string of the molecule is COc1ccc(N2C(=O)C[C@@H](Nc3ccc(N4CCOCC4)cc3)C2=O)c(OC)c1. The molecule has 2 aromatic rings. The predicted octanol–water partition coefficient (Wildman–Crippen LogP) is 2.28. The van der Waals surface area contributed by atoms with Crippen molar-refractivity contribution in [2.45, 2.75) is 12.5 Å². The Balaban J connectivity index is 1.48. The first-order chi connectivity index (χ1) is 14.6. The number of hydrogen-bond acceptors (Lipinski definition) is 7. The summed E-state index contributed by atoms with van der Waals surface area (Å²) >= 11 is 0. The Morgan fingerprint density at radius 2 is 1.73 bits per heavy atom. The Morgan fingerprint density at radius 3 is 2.40 bits per heavy atom. The summed E-state index contributed by atoms with van der Waals surface area (Å²) in [6.07, 6.45) is 0.0826. The lowest BCUT2D eigenvalue weighted by atomic mass is 10.2. The molecule has 2 fully saturated rings. The van der Waals surface area contributed by atoms with Gasteiger partial charge in [-0.15, -0.1) is 0 Å². The van der Waals surface area contributed by atoms with Crippen molar-refractivity contribution in [1.82, 2.24) is 0 Å². The van der Waals surface area contributed by atoms with Gasteiger partial charge in [-0.2, -0.15) is 0 Å². The number of rotatable bonds is 6. The van der Waals surface area contributed by atoms with Gasteiger partial charge in [0.05, 0.1) is 39.5 Å². The van der Waals surface area contributed by atoms with Crippen molar-refractivity contribution in [3.8, 4) is 11.5 Å². The normalized spacial score (nSPS) is 19.2. The summed E-state index contributed by atoms with van der Waals surface area (Å²) in [4.78, 5) is 29.1. The summed E-state index contributed by atoms with van der Waals surface area (Å²) in [6.45, 7) is 3.18. The molecule has 1 atom stereocenters. The maximum Gasteiger partial charge on any atom is 0.256 e. The van der Waals surface area contributed by atoms with Crippen molar-refractivity contribution < 1.29 is 23.8 Å². The van der Waals surface area contributed by atoms with Gasteiger partial charge in [-0.3, -0.25) is 9.59 Å². The zero-order chi connectivity index (χ0) is 21.1. The molecule has 0 unspecified atom stereocenters. The quantitative estimate of drug-likeness (QED) is 0.731. The number of anilines is 3. The van der Waals surface area contributed by atoms with Crippen LogP contribution in [0.5, 0.6) is 11.5 Å². The van der Waals surface area contributed by atoms with Crippen LogP contribution in [-0.2, 0) is 14.3 Å². The maximum atomic E-state index is 13.0. The second kappa shape index (κ2) is 8.62. The minimum atomic E-state index is -0.626. The highest BCUT2D eigenvalue weighted by atomic mass is 16.5. The second-order valence-electron chi connectivity index (χ2n) is 7.15. The smallest absolute Gasteiger partial charge is 0.256 e. The molecule has 0 saturated carbocycles. The molecule has 2 saturated heterocycles. The molecule has 0 aromatic heterocycles. The first kappa shape index (κ1) is 20.0. The lowest BCUT2D eigenvalue weighted by molar-refractivity contribution is -0.121. The maximum absolute atomic E-state index is 13.0. The summed E-state index contributed by atoms with van der Waals surface area (Å²) in [6, 6.07) is 12.3. The first-order valence-corrected chi connectivity index (χ1v) is 9.89. The van der Waals surface area contributed by atoms with Crippen LogP contribution in [0.25, 0.3) is 0 Å². The lowest BCUT2D eigenvalue weighted by Gasteiger charge is -2.29. The molecule has 0 radical (unpaired) electrons. The van der Waals surface area contributed by atoms with Crippen LogP contribution in [0.4, 0.5) is 17.1 Å². The Kier molecular flexibility index (Phi) is 5.76. The van der Waals surface area contributed by atoms with E-state index in [0.29, 0.717) is 17.2 Å².